The second-order valence-corrected chi connectivity index (χ2v) is 3.77. The van der Waals surface area contributed by atoms with Gasteiger partial charge in [-0.25, -0.2) is 4.79 Å². The summed E-state index contributed by atoms with van der Waals surface area (Å²) in [6.07, 6.45) is 0. The van der Waals surface area contributed by atoms with Crippen LogP contribution in [0.15, 0.2) is 24.3 Å². The Balaban J connectivity index is 2.77. The first-order valence-corrected chi connectivity index (χ1v) is 4.67. The van der Waals surface area contributed by atoms with Crippen LogP contribution < -0.4 is 10.5 Å². The molecule has 0 saturated carbocycles. The zero-order valence-electron chi connectivity index (χ0n) is 8.86. The van der Waals surface area contributed by atoms with Gasteiger partial charge < -0.3 is 15.6 Å². The Kier molecular flexibility index (Phi) is 3.31. The number of ether oxygens (including phenoxy) is 1. The van der Waals surface area contributed by atoms with Gasteiger partial charge in [0.25, 0.3) is 0 Å². The highest BCUT2D eigenvalue weighted by Crippen LogP contribution is 2.18. The van der Waals surface area contributed by atoms with Gasteiger partial charge in [-0.1, -0.05) is 12.1 Å². The SMILES string of the molecule is CC(C)(Oc1ccc(CN)cc1)C(=O)O. The molecule has 15 heavy (non-hydrogen) atoms. The van der Waals surface area contributed by atoms with Crippen molar-refractivity contribution in [3.63, 3.8) is 0 Å². The van der Waals surface area contributed by atoms with E-state index in [2.05, 4.69) is 0 Å². The van der Waals surface area contributed by atoms with E-state index in [9.17, 15) is 4.79 Å². The minimum atomic E-state index is -1.22. The highest BCUT2D eigenvalue weighted by atomic mass is 16.5. The highest BCUT2D eigenvalue weighted by Gasteiger charge is 2.29. The van der Waals surface area contributed by atoms with E-state index < -0.39 is 11.6 Å². The van der Waals surface area contributed by atoms with Crippen molar-refractivity contribution in [3.8, 4) is 5.75 Å². The Labute approximate surface area is 88.7 Å². The predicted octanol–water partition coefficient (Wildman–Crippen LogP) is 1.39. The molecule has 0 unspecified atom stereocenters. The van der Waals surface area contributed by atoms with Crippen molar-refractivity contribution in [3.05, 3.63) is 29.8 Å². The molecule has 0 bridgehead atoms. The molecule has 0 spiro atoms. The third kappa shape index (κ3) is 2.95. The molecule has 0 atom stereocenters. The zero-order valence-corrected chi connectivity index (χ0v) is 8.86. The van der Waals surface area contributed by atoms with Gasteiger partial charge in [0.05, 0.1) is 0 Å². The van der Waals surface area contributed by atoms with Gasteiger partial charge in [0.1, 0.15) is 5.75 Å². The van der Waals surface area contributed by atoms with Gasteiger partial charge in [-0.15, -0.1) is 0 Å². The van der Waals surface area contributed by atoms with Crippen molar-refractivity contribution >= 4 is 5.97 Å². The minimum Gasteiger partial charge on any atom is -0.478 e. The molecule has 82 valence electrons. The number of carboxylic acid groups (broad SMARTS) is 1. The number of aliphatic carboxylic acids is 1. The number of hydrogen-bond donors (Lipinski definition) is 2. The summed E-state index contributed by atoms with van der Waals surface area (Å²) < 4.78 is 5.32. The van der Waals surface area contributed by atoms with Crippen molar-refractivity contribution < 1.29 is 14.6 Å². The lowest BCUT2D eigenvalue weighted by molar-refractivity contribution is -0.152. The number of carbonyl (C=O) groups is 1. The average Bonchev–Trinajstić information content (AvgIpc) is 2.18. The summed E-state index contributed by atoms with van der Waals surface area (Å²) in [5, 5.41) is 8.86. The van der Waals surface area contributed by atoms with Gasteiger partial charge >= 0.3 is 5.97 Å². The van der Waals surface area contributed by atoms with E-state index in [0.29, 0.717) is 12.3 Å². The van der Waals surface area contributed by atoms with Crippen LogP contribution in [-0.4, -0.2) is 16.7 Å². The Hall–Kier alpha value is -1.55. The van der Waals surface area contributed by atoms with Crippen LogP contribution in [0.5, 0.6) is 5.75 Å². The summed E-state index contributed by atoms with van der Waals surface area (Å²) in [5.74, 6) is -0.468. The fourth-order valence-electron chi connectivity index (χ4n) is 1.03. The number of benzene rings is 1. The summed E-state index contributed by atoms with van der Waals surface area (Å²) in [6.45, 7) is 3.47. The topological polar surface area (TPSA) is 72.5 Å². The smallest absolute Gasteiger partial charge is 0.347 e. The number of nitrogens with two attached hydrogens (primary N) is 1. The Bertz CT molecular complexity index is 343. The predicted molar refractivity (Wildman–Crippen MR) is 56.7 cm³/mol. The second kappa shape index (κ2) is 4.31. The summed E-state index contributed by atoms with van der Waals surface area (Å²) in [6, 6.07) is 7.06. The quantitative estimate of drug-likeness (QED) is 0.785. The summed E-state index contributed by atoms with van der Waals surface area (Å²) >= 11 is 0. The van der Waals surface area contributed by atoms with Crippen LogP contribution in [0, 0.1) is 0 Å². The molecule has 1 aromatic carbocycles. The standard InChI is InChI=1S/C11H15NO3/c1-11(2,10(13)14)15-9-5-3-8(7-12)4-6-9/h3-6H,7,12H2,1-2H3,(H,13,14). The molecular weight excluding hydrogens is 194 g/mol. The molecule has 0 aliphatic rings. The normalized spacial score (nSPS) is 11.1. The third-order valence-electron chi connectivity index (χ3n) is 2.05. The molecule has 4 nitrogen and oxygen atoms in total. The Morgan fingerprint density at radius 1 is 1.40 bits per heavy atom. The van der Waals surface area contributed by atoms with E-state index in [1.165, 1.54) is 13.8 Å². The lowest BCUT2D eigenvalue weighted by Crippen LogP contribution is -2.37. The summed E-state index contributed by atoms with van der Waals surface area (Å²) in [7, 11) is 0. The van der Waals surface area contributed by atoms with E-state index in [4.69, 9.17) is 15.6 Å². The number of rotatable bonds is 4. The lowest BCUT2D eigenvalue weighted by Gasteiger charge is -2.21. The van der Waals surface area contributed by atoms with Crippen molar-refractivity contribution in [1.29, 1.82) is 0 Å². The molecule has 1 rings (SSSR count). The molecule has 0 heterocycles. The molecule has 0 aliphatic carbocycles. The molecule has 3 N–H and O–H groups in total. The molecule has 0 aromatic heterocycles. The lowest BCUT2D eigenvalue weighted by atomic mass is 10.1. The third-order valence-corrected chi connectivity index (χ3v) is 2.05. The van der Waals surface area contributed by atoms with Crippen molar-refractivity contribution in [2.45, 2.75) is 26.0 Å². The summed E-state index contributed by atoms with van der Waals surface area (Å²) in [4.78, 5) is 10.8. The fourth-order valence-corrected chi connectivity index (χ4v) is 1.03. The minimum absolute atomic E-state index is 0.461. The van der Waals surface area contributed by atoms with Gasteiger partial charge in [0, 0.05) is 6.54 Å². The van der Waals surface area contributed by atoms with Crippen LogP contribution >= 0.6 is 0 Å². The zero-order chi connectivity index (χ0) is 11.5. The van der Waals surface area contributed by atoms with Crippen LogP contribution in [0.2, 0.25) is 0 Å². The first-order valence-electron chi connectivity index (χ1n) is 4.67. The second-order valence-electron chi connectivity index (χ2n) is 3.77. The van der Waals surface area contributed by atoms with E-state index in [1.54, 1.807) is 12.1 Å². The van der Waals surface area contributed by atoms with E-state index in [1.807, 2.05) is 12.1 Å². The van der Waals surface area contributed by atoms with Gasteiger partial charge in [0.2, 0.25) is 0 Å². The Morgan fingerprint density at radius 3 is 2.33 bits per heavy atom. The van der Waals surface area contributed by atoms with Crippen molar-refractivity contribution in [2.75, 3.05) is 0 Å². The van der Waals surface area contributed by atoms with Crippen molar-refractivity contribution in [2.24, 2.45) is 5.73 Å². The number of carboxylic acids is 1. The van der Waals surface area contributed by atoms with Crippen LogP contribution in [0.4, 0.5) is 0 Å². The van der Waals surface area contributed by atoms with E-state index >= 15 is 0 Å². The maximum Gasteiger partial charge on any atom is 0.347 e. The maximum absolute atomic E-state index is 10.8. The molecule has 0 amide bonds. The maximum atomic E-state index is 10.8. The van der Waals surface area contributed by atoms with E-state index in [0.717, 1.165) is 5.56 Å². The number of hydrogen-bond acceptors (Lipinski definition) is 3. The molecule has 0 fully saturated rings. The first kappa shape index (κ1) is 11.5. The van der Waals surface area contributed by atoms with Crippen LogP contribution in [0.1, 0.15) is 19.4 Å². The van der Waals surface area contributed by atoms with Crippen LogP contribution in [-0.2, 0) is 11.3 Å². The largest absolute Gasteiger partial charge is 0.478 e. The van der Waals surface area contributed by atoms with Gasteiger partial charge in [0.15, 0.2) is 5.60 Å². The van der Waals surface area contributed by atoms with Crippen molar-refractivity contribution in [1.82, 2.24) is 0 Å². The summed E-state index contributed by atoms with van der Waals surface area (Å²) in [5.41, 5.74) is 5.20. The molecule has 4 heteroatoms. The molecule has 0 radical (unpaired) electrons. The highest BCUT2D eigenvalue weighted by molar-refractivity contribution is 5.76. The van der Waals surface area contributed by atoms with Crippen LogP contribution in [0.3, 0.4) is 0 Å². The fraction of sp³-hybridized carbons (Fsp3) is 0.364. The van der Waals surface area contributed by atoms with Crippen LogP contribution in [0.25, 0.3) is 0 Å². The Morgan fingerprint density at radius 2 is 1.93 bits per heavy atom. The first-order chi connectivity index (χ1) is 6.95. The monoisotopic (exact) mass is 209 g/mol. The molecule has 0 saturated heterocycles. The van der Waals surface area contributed by atoms with Gasteiger partial charge in [-0.05, 0) is 31.5 Å². The van der Waals surface area contributed by atoms with Gasteiger partial charge in [-0.3, -0.25) is 0 Å². The molecule has 0 aliphatic heterocycles. The molecule has 1 aromatic rings. The van der Waals surface area contributed by atoms with E-state index in [-0.39, 0.29) is 0 Å². The van der Waals surface area contributed by atoms with Gasteiger partial charge in [-0.2, -0.15) is 0 Å². The molecular formula is C11H15NO3. The average molecular weight is 209 g/mol.